The number of nitrogens with one attached hydrogen (secondary N) is 3. The summed E-state index contributed by atoms with van der Waals surface area (Å²) < 4.78 is 4.77. The van der Waals surface area contributed by atoms with E-state index in [2.05, 4.69) is 16.0 Å². The summed E-state index contributed by atoms with van der Waals surface area (Å²) in [5, 5.41) is 8.82. The van der Waals surface area contributed by atoms with E-state index >= 15 is 0 Å². The fraction of sp³-hybridized carbons (Fsp3) is 0.300. The van der Waals surface area contributed by atoms with E-state index in [4.69, 9.17) is 4.74 Å². The molecule has 0 spiro atoms. The lowest BCUT2D eigenvalue weighted by molar-refractivity contribution is -0.119. The van der Waals surface area contributed by atoms with Crippen molar-refractivity contribution in [1.82, 2.24) is 0 Å². The summed E-state index contributed by atoms with van der Waals surface area (Å²) in [6, 6.07) is 12.7. The Morgan fingerprint density at radius 2 is 1.65 bits per heavy atom. The van der Waals surface area contributed by atoms with Crippen molar-refractivity contribution in [2.24, 2.45) is 0 Å². The van der Waals surface area contributed by atoms with Crippen molar-refractivity contribution < 1.29 is 14.3 Å². The molecule has 0 aliphatic carbocycles. The molecular weight excluding hydrogens is 330 g/mol. The average molecular weight is 355 g/mol. The molecule has 2 amide bonds. The smallest absolute Gasteiger partial charge is 0.250 e. The van der Waals surface area contributed by atoms with Crippen molar-refractivity contribution in [3.63, 3.8) is 0 Å². The highest BCUT2D eigenvalue weighted by molar-refractivity contribution is 5.97. The van der Waals surface area contributed by atoms with E-state index in [1.807, 2.05) is 44.2 Å². The zero-order chi connectivity index (χ0) is 19.1. The van der Waals surface area contributed by atoms with Gasteiger partial charge >= 0.3 is 0 Å². The van der Waals surface area contributed by atoms with Crippen molar-refractivity contribution in [1.29, 1.82) is 0 Å². The number of rotatable bonds is 7. The fourth-order valence-electron chi connectivity index (χ4n) is 2.40. The molecule has 0 saturated carbocycles. The van der Waals surface area contributed by atoms with Crippen LogP contribution < -0.4 is 16.0 Å². The highest BCUT2D eigenvalue weighted by Gasteiger charge is 2.14. The summed E-state index contributed by atoms with van der Waals surface area (Å²) >= 11 is 0. The molecule has 0 radical (unpaired) electrons. The summed E-state index contributed by atoms with van der Waals surface area (Å²) in [7, 11) is 1.47. The number of ether oxygens (including phenoxy) is 1. The van der Waals surface area contributed by atoms with E-state index in [0.29, 0.717) is 5.69 Å². The Kier molecular flexibility index (Phi) is 6.74. The number of benzene rings is 2. The van der Waals surface area contributed by atoms with Gasteiger partial charge in [0.2, 0.25) is 11.8 Å². The number of methoxy groups -OCH3 is 1. The molecule has 0 bridgehead atoms. The Hall–Kier alpha value is -2.86. The SMILES string of the molecule is COCC(=O)Nc1ccc(N[C@@H](C)C(=O)Nc2cc(C)ccc2C)cc1. The van der Waals surface area contributed by atoms with Crippen molar-refractivity contribution in [3.8, 4) is 0 Å². The number of anilines is 3. The van der Waals surface area contributed by atoms with Crippen LogP contribution in [-0.2, 0) is 14.3 Å². The maximum absolute atomic E-state index is 12.4. The van der Waals surface area contributed by atoms with Gasteiger partial charge in [0, 0.05) is 24.2 Å². The lowest BCUT2D eigenvalue weighted by Gasteiger charge is -2.17. The highest BCUT2D eigenvalue weighted by atomic mass is 16.5. The molecule has 0 fully saturated rings. The summed E-state index contributed by atoms with van der Waals surface area (Å²) in [6.07, 6.45) is 0. The Morgan fingerprint density at radius 3 is 2.31 bits per heavy atom. The lowest BCUT2D eigenvalue weighted by atomic mass is 10.1. The van der Waals surface area contributed by atoms with Gasteiger partial charge in [-0.25, -0.2) is 0 Å². The summed E-state index contributed by atoms with van der Waals surface area (Å²) in [6.45, 7) is 5.76. The van der Waals surface area contributed by atoms with Crippen LogP contribution in [0.3, 0.4) is 0 Å². The number of carbonyl (C=O) groups is 2. The van der Waals surface area contributed by atoms with Crippen LogP contribution >= 0.6 is 0 Å². The van der Waals surface area contributed by atoms with E-state index in [9.17, 15) is 9.59 Å². The molecule has 1 atom stereocenters. The molecular formula is C20H25N3O3. The van der Waals surface area contributed by atoms with Gasteiger partial charge in [0.15, 0.2) is 0 Å². The quantitative estimate of drug-likeness (QED) is 0.712. The first-order chi connectivity index (χ1) is 12.4. The molecule has 6 nitrogen and oxygen atoms in total. The Labute approximate surface area is 153 Å². The third kappa shape index (κ3) is 5.60. The highest BCUT2D eigenvalue weighted by Crippen LogP contribution is 2.18. The van der Waals surface area contributed by atoms with Crippen LogP contribution in [-0.4, -0.2) is 31.6 Å². The maximum atomic E-state index is 12.4. The van der Waals surface area contributed by atoms with Crippen molar-refractivity contribution in [2.75, 3.05) is 29.7 Å². The molecule has 0 unspecified atom stereocenters. The predicted molar refractivity (Wildman–Crippen MR) is 105 cm³/mol. The van der Waals surface area contributed by atoms with Crippen LogP contribution in [0.4, 0.5) is 17.1 Å². The van der Waals surface area contributed by atoms with Crippen LogP contribution in [0.15, 0.2) is 42.5 Å². The van der Waals surface area contributed by atoms with Gasteiger partial charge in [0.05, 0.1) is 0 Å². The molecule has 26 heavy (non-hydrogen) atoms. The second-order valence-electron chi connectivity index (χ2n) is 6.23. The maximum Gasteiger partial charge on any atom is 0.250 e. The molecule has 138 valence electrons. The zero-order valence-electron chi connectivity index (χ0n) is 15.6. The third-order valence-corrected chi connectivity index (χ3v) is 3.87. The summed E-state index contributed by atoms with van der Waals surface area (Å²) in [4.78, 5) is 23.9. The first-order valence-corrected chi connectivity index (χ1v) is 8.42. The van der Waals surface area contributed by atoms with Gasteiger partial charge in [-0.15, -0.1) is 0 Å². The van der Waals surface area contributed by atoms with Gasteiger partial charge in [-0.2, -0.15) is 0 Å². The second-order valence-corrected chi connectivity index (χ2v) is 6.23. The minimum absolute atomic E-state index is 0.00951. The van der Waals surface area contributed by atoms with Gasteiger partial charge in [-0.1, -0.05) is 12.1 Å². The number of carbonyl (C=O) groups excluding carboxylic acids is 2. The van der Waals surface area contributed by atoms with E-state index in [-0.39, 0.29) is 18.4 Å². The normalized spacial score (nSPS) is 11.5. The van der Waals surface area contributed by atoms with Crippen LogP contribution in [0.2, 0.25) is 0 Å². The first-order valence-electron chi connectivity index (χ1n) is 8.42. The Balaban J connectivity index is 1.94. The Bertz CT molecular complexity index is 772. The number of hydrogen-bond donors (Lipinski definition) is 3. The molecule has 6 heteroatoms. The van der Waals surface area contributed by atoms with Crippen LogP contribution in [0.25, 0.3) is 0 Å². The van der Waals surface area contributed by atoms with Gasteiger partial charge < -0.3 is 20.7 Å². The van der Waals surface area contributed by atoms with Crippen molar-refractivity contribution in [2.45, 2.75) is 26.8 Å². The second kappa shape index (κ2) is 9.01. The molecule has 2 aromatic rings. The number of hydrogen-bond acceptors (Lipinski definition) is 4. The molecule has 0 aromatic heterocycles. The summed E-state index contributed by atoms with van der Waals surface area (Å²) in [5.74, 6) is -0.328. The Morgan fingerprint density at radius 1 is 1.00 bits per heavy atom. The minimum Gasteiger partial charge on any atom is -0.375 e. The molecule has 2 aromatic carbocycles. The van der Waals surface area contributed by atoms with E-state index < -0.39 is 6.04 Å². The van der Waals surface area contributed by atoms with E-state index in [1.54, 1.807) is 19.1 Å². The van der Waals surface area contributed by atoms with Crippen LogP contribution in [0.1, 0.15) is 18.1 Å². The van der Waals surface area contributed by atoms with Crippen molar-refractivity contribution in [3.05, 3.63) is 53.6 Å². The first kappa shape index (κ1) is 19.5. The summed E-state index contributed by atoms with van der Waals surface area (Å²) in [5.41, 5.74) is 4.40. The molecule has 0 aliphatic heterocycles. The lowest BCUT2D eigenvalue weighted by Crippen LogP contribution is -2.32. The number of amides is 2. The molecule has 2 rings (SSSR count). The number of aryl methyl sites for hydroxylation is 2. The van der Waals surface area contributed by atoms with E-state index in [1.165, 1.54) is 7.11 Å². The molecule has 0 heterocycles. The minimum atomic E-state index is -0.413. The standard InChI is InChI=1S/C20H25N3O3/c1-13-5-6-14(2)18(11-13)23-20(25)15(3)21-16-7-9-17(10-8-16)22-19(24)12-26-4/h5-11,15,21H,12H2,1-4H3,(H,22,24)(H,23,25)/t15-/m0/s1. The van der Waals surface area contributed by atoms with Gasteiger partial charge in [-0.05, 0) is 62.2 Å². The monoisotopic (exact) mass is 355 g/mol. The third-order valence-electron chi connectivity index (χ3n) is 3.87. The van der Waals surface area contributed by atoms with Crippen LogP contribution in [0.5, 0.6) is 0 Å². The predicted octanol–water partition coefficient (Wildman–Crippen LogP) is 3.33. The van der Waals surface area contributed by atoms with Gasteiger partial charge in [0.25, 0.3) is 0 Å². The molecule has 0 aliphatic rings. The van der Waals surface area contributed by atoms with Gasteiger partial charge in [-0.3, -0.25) is 9.59 Å². The fourth-order valence-corrected chi connectivity index (χ4v) is 2.40. The topological polar surface area (TPSA) is 79.5 Å². The molecule has 3 N–H and O–H groups in total. The van der Waals surface area contributed by atoms with E-state index in [0.717, 1.165) is 22.5 Å². The average Bonchev–Trinajstić information content (AvgIpc) is 2.60. The largest absolute Gasteiger partial charge is 0.375 e. The van der Waals surface area contributed by atoms with Gasteiger partial charge in [0.1, 0.15) is 12.6 Å². The van der Waals surface area contributed by atoms with Crippen molar-refractivity contribution >= 4 is 28.9 Å². The van der Waals surface area contributed by atoms with Crippen LogP contribution in [0, 0.1) is 13.8 Å². The molecule has 0 saturated heterocycles. The zero-order valence-corrected chi connectivity index (χ0v) is 15.6.